The van der Waals surface area contributed by atoms with E-state index < -0.39 is 4.92 Å². The summed E-state index contributed by atoms with van der Waals surface area (Å²) in [5, 5.41) is 16.5. The minimum atomic E-state index is -0.446. The lowest BCUT2D eigenvalue weighted by molar-refractivity contribution is -0.384. The number of nitro groups is 1. The third-order valence-corrected chi connectivity index (χ3v) is 3.21. The van der Waals surface area contributed by atoms with Crippen molar-refractivity contribution in [2.75, 3.05) is 25.0 Å². The smallest absolute Gasteiger partial charge is 0.292 e. The van der Waals surface area contributed by atoms with Gasteiger partial charge in [-0.3, -0.25) is 14.9 Å². The predicted molar refractivity (Wildman–Crippen MR) is 90.7 cm³/mol. The van der Waals surface area contributed by atoms with E-state index in [2.05, 4.69) is 10.6 Å². The first-order chi connectivity index (χ1) is 11.7. The van der Waals surface area contributed by atoms with Gasteiger partial charge in [0.1, 0.15) is 12.3 Å². The number of nitro benzene ring substituents is 1. The molecule has 24 heavy (non-hydrogen) atoms. The van der Waals surface area contributed by atoms with Crippen molar-refractivity contribution in [2.45, 2.75) is 6.61 Å². The third kappa shape index (κ3) is 5.69. The number of ether oxygens (including phenoxy) is 1. The molecule has 7 heteroatoms. The molecule has 0 radical (unpaired) electrons. The third-order valence-electron chi connectivity index (χ3n) is 3.21. The molecule has 7 nitrogen and oxygen atoms in total. The molecule has 0 aliphatic carbocycles. The lowest BCUT2D eigenvalue weighted by Crippen LogP contribution is -2.31. The van der Waals surface area contributed by atoms with Gasteiger partial charge in [-0.15, -0.1) is 0 Å². The van der Waals surface area contributed by atoms with Crippen LogP contribution in [0.3, 0.4) is 0 Å². The molecule has 0 atom stereocenters. The SMILES string of the molecule is O=C(COCc1ccccc1)NCCNc1ccccc1[N+](=O)[O-]. The van der Waals surface area contributed by atoms with Crippen LogP contribution in [0.5, 0.6) is 0 Å². The molecular weight excluding hydrogens is 310 g/mol. The van der Waals surface area contributed by atoms with Gasteiger partial charge < -0.3 is 15.4 Å². The van der Waals surface area contributed by atoms with Gasteiger partial charge in [0.2, 0.25) is 5.91 Å². The summed E-state index contributed by atoms with van der Waals surface area (Å²) < 4.78 is 5.33. The zero-order valence-corrected chi connectivity index (χ0v) is 13.1. The number of benzene rings is 2. The van der Waals surface area contributed by atoms with E-state index in [1.807, 2.05) is 30.3 Å². The zero-order valence-electron chi connectivity index (χ0n) is 13.1. The fraction of sp³-hybridized carbons (Fsp3) is 0.235. The first-order valence-electron chi connectivity index (χ1n) is 7.52. The summed E-state index contributed by atoms with van der Waals surface area (Å²) >= 11 is 0. The van der Waals surface area contributed by atoms with Crippen molar-refractivity contribution in [3.05, 3.63) is 70.3 Å². The molecule has 0 fully saturated rings. The second-order valence-corrected chi connectivity index (χ2v) is 5.03. The van der Waals surface area contributed by atoms with Crippen molar-refractivity contribution in [1.29, 1.82) is 0 Å². The highest BCUT2D eigenvalue weighted by Crippen LogP contribution is 2.22. The van der Waals surface area contributed by atoms with Gasteiger partial charge >= 0.3 is 0 Å². The monoisotopic (exact) mass is 329 g/mol. The van der Waals surface area contributed by atoms with Gasteiger partial charge in [0.25, 0.3) is 5.69 Å². The van der Waals surface area contributed by atoms with Gasteiger partial charge in [-0.05, 0) is 11.6 Å². The summed E-state index contributed by atoms with van der Waals surface area (Å²) in [7, 11) is 0. The number of carbonyl (C=O) groups excluding carboxylic acids is 1. The first kappa shape index (κ1) is 17.4. The lowest BCUT2D eigenvalue weighted by atomic mass is 10.2. The first-order valence-corrected chi connectivity index (χ1v) is 7.52. The van der Waals surface area contributed by atoms with Crippen molar-refractivity contribution in [3.8, 4) is 0 Å². The van der Waals surface area contributed by atoms with E-state index in [1.165, 1.54) is 6.07 Å². The van der Waals surface area contributed by atoms with Crippen molar-refractivity contribution in [3.63, 3.8) is 0 Å². The van der Waals surface area contributed by atoms with E-state index in [0.29, 0.717) is 25.4 Å². The summed E-state index contributed by atoms with van der Waals surface area (Å²) in [6.45, 7) is 1.08. The zero-order chi connectivity index (χ0) is 17.2. The van der Waals surface area contributed by atoms with Crippen molar-refractivity contribution in [1.82, 2.24) is 5.32 Å². The van der Waals surface area contributed by atoms with Gasteiger partial charge in [0, 0.05) is 19.2 Å². The number of nitrogens with zero attached hydrogens (tertiary/aromatic N) is 1. The maximum Gasteiger partial charge on any atom is 0.292 e. The van der Waals surface area contributed by atoms with Crippen LogP contribution in [0.25, 0.3) is 0 Å². The largest absolute Gasteiger partial charge is 0.378 e. The normalized spacial score (nSPS) is 10.2. The molecule has 1 amide bonds. The molecule has 0 heterocycles. The Kier molecular flexibility index (Phi) is 6.73. The molecule has 2 rings (SSSR count). The second-order valence-electron chi connectivity index (χ2n) is 5.03. The highest BCUT2D eigenvalue weighted by Gasteiger charge is 2.11. The molecule has 0 saturated carbocycles. The average Bonchev–Trinajstić information content (AvgIpc) is 2.60. The van der Waals surface area contributed by atoms with Crippen LogP contribution in [0, 0.1) is 10.1 Å². The summed E-state index contributed by atoms with van der Waals surface area (Å²) in [5.74, 6) is -0.227. The average molecular weight is 329 g/mol. The molecule has 2 aromatic rings. The van der Waals surface area contributed by atoms with E-state index in [9.17, 15) is 14.9 Å². The number of rotatable bonds is 9. The number of hydrogen-bond acceptors (Lipinski definition) is 5. The predicted octanol–water partition coefficient (Wildman–Crippen LogP) is 2.34. The Morgan fingerprint density at radius 3 is 2.50 bits per heavy atom. The Morgan fingerprint density at radius 2 is 1.75 bits per heavy atom. The van der Waals surface area contributed by atoms with Crippen LogP contribution >= 0.6 is 0 Å². The Morgan fingerprint density at radius 1 is 1.04 bits per heavy atom. The minimum Gasteiger partial charge on any atom is -0.378 e. The van der Waals surface area contributed by atoms with E-state index in [0.717, 1.165) is 5.56 Å². The number of carbonyl (C=O) groups is 1. The summed E-state index contributed by atoms with van der Waals surface area (Å²) in [5.41, 5.74) is 1.44. The van der Waals surface area contributed by atoms with Crippen molar-refractivity contribution < 1.29 is 14.5 Å². The van der Waals surface area contributed by atoms with Crippen LogP contribution in [0.1, 0.15) is 5.56 Å². The molecule has 0 aliphatic heterocycles. The van der Waals surface area contributed by atoms with Gasteiger partial charge in [-0.1, -0.05) is 42.5 Å². The Balaban J connectivity index is 1.64. The van der Waals surface area contributed by atoms with E-state index in [1.54, 1.807) is 18.2 Å². The van der Waals surface area contributed by atoms with E-state index >= 15 is 0 Å². The Labute approximate surface area is 139 Å². The second kappa shape index (κ2) is 9.26. The van der Waals surface area contributed by atoms with Crippen LogP contribution in [0.2, 0.25) is 0 Å². The molecule has 0 saturated heterocycles. The molecule has 2 N–H and O–H groups in total. The van der Waals surface area contributed by atoms with E-state index in [-0.39, 0.29) is 18.2 Å². The molecule has 0 aromatic heterocycles. The summed E-state index contributed by atoms with van der Waals surface area (Å²) in [6, 6.07) is 16.0. The maximum atomic E-state index is 11.6. The molecule has 0 spiro atoms. The van der Waals surface area contributed by atoms with Crippen molar-refractivity contribution >= 4 is 17.3 Å². The number of para-hydroxylation sites is 2. The maximum absolute atomic E-state index is 11.6. The van der Waals surface area contributed by atoms with Crippen molar-refractivity contribution in [2.24, 2.45) is 0 Å². The van der Waals surface area contributed by atoms with Gasteiger partial charge in [0.15, 0.2) is 0 Å². The fourth-order valence-electron chi connectivity index (χ4n) is 2.07. The quantitative estimate of drug-likeness (QED) is 0.418. The standard InChI is InChI=1S/C17H19N3O4/c21-17(13-24-12-14-6-2-1-3-7-14)19-11-10-18-15-8-4-5-9-16(15)20(22)23/h1-9,18H,10-13H2,(H,19,21). The topological polar surface area (TPSA) is 93.5 Å². The highest BCUT2D eigenvalue weighted by molar-refractivity contribution is 5.77. The van der Waals surface area contributed by atoms with Crippen LogP contribution in [-0.4, -0.2) is 30.5 Å². The highest BCUT2D eigenvalue weighted by atomic mass is 16.6. The Hall–Kier alpha value is -2.93. The summed E-state index contributed by atoms with van der Waals surface area (Å²) in [4.78, 5) is 22.1. The molecule has 0 unspecified atom stereocenters. The van der Waals surface area contributed by atoms with Gasteiger partial charge in [-0.25, -0.2) is 0 Å². The van der Waals surface area contributed by atoms with Crippen LogP contribution in [-0.2, 0) is 16.1 Å². The molecule has 0 aliphatic rings. The number of anilines is 1. The molecular formula is C17H19N3O4. The molecule has 126 valence electrons. The molecule has 2 aromatic carbocycles. The van der Waals surface area contributed by atoms with Crippen LogP contribution in [0.15, 0.2) is 54.6 Å². The van der Waals surface area contributed by atoms with Crippen LogP contribution < -0.4 is 10.6 Å². The van der Waals surface area contributed by atoms with Gasteiger partial charge in [-0.2, -0.15) is 0 Å². The summed E-state index contributed by atoms with van der Waals surface area (Å²) in [6.07, 6.45) is 0. The van der Waals surface area contributed by atoms with E-state index in [4.69, 9.17) is 4.74 Å². The fourth-order valence-corrected chi connectivity index (χ4v) is 2.07. The number of nitrogens with one attached hydrogen (secondary N) is 2. The minimum absolute atomic E-state index is 0.00928. The lowest BCUT2D eigenvalue weighted by Gasteiger charge is -2.09. The number of hydrogen-bond donors (Lipinski definition) is 2. The Bertz CT molecular complexity index is 677. The molecule has 0 bridgehead atoms. The van der Waals surface area contributed by atoms with Crippen LogP contribution in [0.4, 0.5) is 11.4 Å². The van der Waals surface area contributed by atoms with Gasteiger partial charge in [0.05, 0.1) is 11.5 Å². The number of amides is 1.